The predicted octanol–water partition coefficient (Wildman–Crippen LogP) is 4.32. The molecule has 0 aliphatic heterocycles. The Bertz CT molecular complexity index is 358. The zero-order valence-corrected chi connectivity index (χ0v) is 11.8. The second-order valence-corrected chi connectivity index (χ2v) is 3.76. The van der Waals surface area contributed by atoms with E-state index in [0.29, 0.717) is 0 Å². The maximum atomic E-state index is 6.00. The first-order chi connectivity index (χ1) is 9.45. The number of para-hydroxylation sites is 1. The molecule has 0 aliphatic rings. The maximum Gasteiger partial charge on any atom is 0.148 e. The highest BCUT2D eigenvalue weighted by Crippen LogP contribution is 2.14. The van der Waals surface area contributed by atoms with Crippen molar-refractivity contribution in [3.8, 4) is 5.75 Å². The first kappa shape index (κ1) is 17.5. The van der Waals surface area contributed by atoms with Crippen molar-refractivity contribution < 1.29 is 15.4 Å². The molecule has 0 bridgehead atoms. The molecule has 0 heterocycles. The SMILES string of the molecule is CC.OO.c1ccc(ONSc2ccccc2)cc1. The number of rotatable bonds is 4. The fraction of sp³-hybridized carbons (Fsp3) is 0.143. The minimum atomic E-state index is 0.806. The lowest BCUT2D eigenvalue weighted by atomic mass is 10.3. The van der Waals surface area contributed by atoms with E-state index in [1.165, 1.54) is 11.9 Å². The van der Waals surface area contributed by atoms with Gasteiger partial charge in [-0.15, -0.1) is 0 Å². The summed E-state index contributed by atoms with van der Waals surface area (Å²) in [7, 11) is 0. The van der Waals surface area contributed by atoms with E-state index in [4.69, 9.17) is 15.4 Å². The van der Waals surface area contributed by atoms with Crippen LogP contribution < -0.4 is 9.72 Å². The zero-order chi connectivity index (χ0) is 14.3. The smallest absolute Gasteiger partial charge is 0.148 e. The van der Waals surface area contributed by atoms with Crippen LogP contribution in [0.2, 0.25) is 0 Å². The molecule has 0 fully saturated rings. The minimum Gasteiger partial charge on any atom is -0.398 e. The Hall–Kier alpha value is -1.53. The van der Waals surface area contributed by atoms with Crippen LogP contribution in [0.3, 0.4) is 0 Å². The lowest BCUT2D eigenvalue weighted by molar-refractivity contribution is -0.176. The molecule has 104 valence electrons. The van der Waals surface area contributed by atoms with Crippen molar-refractivity contribution in [3.63, 3.8) is 0 Å². The molecule has 2 aromatic carbocycles. The third-order valence-electron chi connectivity index (χ3n) is 1.81. The van der Waals surface area contributed by atoms with Gasteiger partial charge < -0.3 is 4.84 Å². The third-order valence-corrected chi connectivity index (χ3v) is 2.48. The van der Waals surface area contributed by atoms with E-state index in [0.717, 1.165) is 10.6 Å². The van der Waals surface area contributed by atoms with Crippen LogP contribution in [0.5, 0.6) is 5.75 Å². The summed E-state index contributed by atoms with van der Waals surface area (Å²) >= 11 is 1.44. The Balaban J connectivity index is 0.000000741. The van der Waals surface area contributed by atoms with E-state index in [-0.39, 0.29) is 0 Å². The summed E-state index contributed by atoms with van der Waals surface area (Å²) in [5.41, 5.74) is 0. The molecule has 19 heavy (non-hydrogen) atoms. The Kier molecular flexibility index (Phi) is 11.9. The van der Waals surface area contributed by atoms with Gasteiger partial charge in [-0.1, -0.05) is 55.1 Å². The lowest BCUT2D eigenvalue weighted by Gasteiger charge is -2.05. The van der Waals surface area contributed by atoms with Gasteiger partial charge in [0.25, 0.3) is 0 Å². The summed E-state index contributed by atoms with van der Waals surface area (Å²) in [6, 6.07) is 19.6. The molecule has 0 radical (unpaired) electrons. The van der Waals surface area contributed by atoms with Gasteiger partial charge in [0.15, 0.2) is 0 Å². The summed E-state index contributed by atoms with van der Waals surface area (Å²) in [5.74, 6) is 0.806. The van der Waals surface area contributed by atoms with E-state index in [9.17, 15) is 0 Å². The van der Waals surface area contributed by atoms with Crippen molar-refractivity contribution in [2.75, 3.05) is 0 Å². The van der Waals surface area contributed by atoms with Gasteiger partial charge in [0.2, 0.25) is 0 Å². The number of nitrogens with one attached hydrogen (secondary N) is 1. The Morgan fingerprint density at radius 2 is 1.32 bits per heavy atom. The van der Waals surface area contributed by atoms with Gasteiger partial charge >= 0.3 is 0 Å². The second-order valence-electron chi connectivity index (χ2n) is 2.91. The molecule has 2 rings (SSSR count). The predicted molar refractivity (Wildman–Crippen MR) is 79.1 cm³/mol. The standard InChI is InChI=1S/C12H11NOS.C2H6.H2O2/c1-3-7-11(8-4-1)14-13-15-12-9-5-2-6-10-12;2*1-2/h1-10,13H;1-2H3;1-2H. The Labute approximate surface area is 118 Å². The third kappa shape index (κ3) is 8.23. The molecule has 3 N–H and O–H groups in total. The first-order valence-electron chi connectivity index (χ1n) is 5.84. The summed E-state index contributed by atoms with van der Waals surface area (Å²) in [6.45, 7) is 4.00. The van der Waals surface area contributed by atoms with Crippen molar-refractivity contribution in [1.29, 1.82) is 0 Å². The van der Waals surface area contributed by atoms with Gasteiger partial charge in [-0.05, 0) is 36.2 Å². The maximum absolute atomic E-state index is 6.00. The minimum absolute atomic E-state index is 0.806. The molecule has 0 spiro atoms. The van der Waals surface area contributed by atoms with Crippen LogP contribution in [-0.2, 0) is 0 Å². The quantitative estimate of drug-likeness (QED) is 0.442. The molecule has 0 saturated heterocycles. The summed E-state index contributed by atoms with van der Waals surface area (Å²) in [5, 5.41) is 12.0. The highest BCUT2D eigenvalue weighted by molar-refractivity contribution is 7.97. The molecule has 5 heteroatoms. The van der Waals surface area contributed by atoms with Crippen LogP contribution in [0, 0.1) is 0 Å². The first-order valence-corrected chi connectivity index (χ1v) is 6.65. The summed E-state index contributed by atoms with van der Waals surface area (Å²) in [6.07, 6.45) is 0. The van der Waals surface area contributed by atoms with Gasteiger partial charge in [0, 0.05) is 4.90 Å². The van der Waals surface area contributed by atoms with Crippen molar-refractivity contribution in [2.24, 2.45) is 0 Å². The van der Waals surface area contributed by atoms with Gasteiger partial charge in [-0.3, -0.25) is 10.5 Å². The topological polar surface area (TPSA) is 61.7 Å². The van der Waals surface area contributed by atoms with E-state index in [1.807, 2.05) is 74.5 Å². The van der Waals surface area contributed by atoms with E-state index < -0.39 is 0 Å². The number of hydrogen-bond donors (Lipinski definition) is 3. The van der Waals surface area contributed by atoms with Gasteiger partial charge in [-0.25, -0.2) is 0 Å². The van der Waals surface area contributed by atoms with Crippen LogP contribution in [0.4, 0.5) is 0 Å². The fourth-order valence-corrected chi connectivity index (χ4v) is 1.62. The van der Waals surface area contributed by atoms with Crippen LogP contribution >= 0.6 is 11.9 Å². The van der Waals surface area contributed by atoms with Gasteiger partial charge in [-0.2, -0.15) is 0 Å². The number of hydrogen-bond acceptors (Lipinski definition) is 5. The van der Waals surface area contributed by atoms with E-state index in [2.05, 4.69) is 4.89 Å². The van der Waals surface area contributed by atoms with Crippen molar-refractivity contribution in [1.82, 2.24) is 4.89 Å². The molecular formula is C14H19NO3S. The second kappa shape index (κ2) is 12.9. The Morgan fingerprint density at radius 3 is 1.84 bits per heavy atom. The van der Waals surface area contributed by atoms with Crippen molar-refractivity contribution >= 4 is 11.9 Å². The van der Waals surface area contributed by atoms with Crippen molar-refractivity contribution in [2.45, 2.75) is 18.7 Å². The van der Waals surface area contributed by atoms with E-state index >= 15 is 0 Å². The average Bonchev–Trinajstić information content (AvgIpc) is 2.53. The molecule has 4 nitrogen and oxygen atoms in total. The van der Waals surface area contributed by atoms with Crippen molar-refractivity contribution in [3.05, 3.63) is 60.7 Å². The molecular weight excluding hydrogens is 262 g/mol. The molecule has 0 amide bonds. The van der Waals surface area contributed by atoms with Gasteiger partial charge in [0.1, 0.15) is 5.75 Å². The molecule has 0 aromatic heterocycles. The largest absolute Gasteiger partial charge is 0.398 e. The molecule has 0 saturated carbocycles. The van der Waals surface area contributed by atoms with Crippen LogP contribution in [0.15, 0.2) is 65.6 Å². The number of benzene rings is 2. The van der Waals surface area contributed by atoms with E-state index in [1.54, 1.807) is 0 Å². The molecule has 0 aliphatic carbocycles. The molecule has 0 unspecified atom stereocenters. The zero-order valence-electron chi connectivity index (χ0n) is 11.0. The van der Waals surface area contributed by atoms with Crippen LogP contribution in [-0.4, -0.2) is 10.5 Å². The fourth-order valence-electron chi connectivity index (χ4n) is 1.09. The molecule has 0 atom stereocenters. The summed E-state index contributed by atoms with van der Waals surface area (Å²) < 4.78 is 0. The lowest BCUT2D eigenvalue weighted by Crippen LogP contribution is -2.08. The average molecular weight is 281 g/mol. The normalized spacial score (nSPS) is 8.42. The van der Waals surface area contributed by atoms with Crippen LogP contribution in [0.1, 0.15) is 13.8 Å². The Morgan fingerprint density at radius 1 is 0.842 bits per heavy atom. The highest BCUT2D eigenvalue weighted by atomic mass is 32.2. The summed E-state index contributed by atoms with van der Waals surface area (Å²) in [4.78, 5) is 9.28. The van der Waals surface area contributed by atoms with Crippen LogP contribution in [0.25, 0.3) is 0 Å². The van der Waals surface area contributed by atoms with Gasteiger partial charge in [0.05, 0.1) is 0 Å². The molecule has 2 aromatic rings. The monoisotopic (exact) mass is 281 g/mol. The highest BCUT2D eigenvalue weighted by Gasteiger charge is 1.93.